The van der Waals surface area contributed by atoms with E-state index in [0.29, 0.717) is 35.6 Å². The maximum absolute atomic E-state index is 14.2. The highest BCUT2D eigenvalue weighted by Gasteiger charge is 2.43. The van der Waals surface area contributed by atoms with Crippen LogP contribution in [0, 0.1) is 25.2 Å². The number of rotatable bonds is 6. The number of benzene rings is 3. The van der Waals surface area contributed by atoms with Crippen molar-refractivity contribution < 1.29 is 27.4 Å². The molecule has 6 nitrogen and oxygen atoms in total. The van der Waals surface area contributed by atoms with E-state index in [9.17, 15) is 23.2 Å². The van der Waals surface area contributed by atoms with Crippen LogP contribution in [0.2, 0.25) is 5.02 Å². The molecular formula is C33H29ClF3N3O3. The van der Waals surface area contributed by atoms with Crippen LogP contribution >= 0.6 is 11.6 Å². The summed E-state index contributed by atoms with van der Waals surface area (Å²) in [6, 6.07) is 16.5. The maximum Gasteiger partial charge on any atom is 0.418 e. The van der Waals surface area contributed by atoms with Crippen LogP contribution in [-0.2, 0) is 17.6 Å². The summed E-state index contributed by atoms with van der Waals surface area (Å²) < 4.78 is 53.8. The number of methoxy groups -OCH3 is 1. The van der Waals surface area contributed by atoms with Crippen LogP contribution in [-0.4, -0.2) is 12.9 Å². The van der Waals surface area contributed by atoms with Crippen molar-refractivity contribution in [2.24, 2.45) is 5.73 Å². The van der Waals surface area contributed by atoms with Gasteiger partial charge in [-0.25, -0.2) is 0 Å². The minimum absolute atomic E-state index is 0.00560. The van der Waals surface area contributed by atoms with E-state index in [1.165, 1.54) is 17.0 Å². The van der Waals surface area contributed by atoms with Gasteiger partial charge in [-0.05, 0) is 91.4 Å². The molecule has 0 amide bonds. The van der Waals surface area contributed by atoms with Crippen molar-refractivity contribution in [2.45, 2.75) is 51.8 Å². The Morgan fingerprint density at radius 3 is 2.40 bits per heavy atom. The molecule has 0 saturated carbocycles. The third kappa shape index (κ3) is 5.67. The minimum atomic E-state index is -4.75. The second-order valence-electron chi connectivity index (χ2n) is 10.6. The van der Waals surface area contributed by atoms with Gasteiger partial charge in [0.15, 0.2) is 5.78 Å². The third-order valence-electron chi connectivity index (χ3n) is 7.91. The molecule has 2 aliphatic rings. The number of ketones is 1. The first-order chi connectivity index (χ1) is 20.4. The Hall–Kier alpha value is -4.42. The topological polar surface area (TPSA) is 88.6 Å². The lowest BCUT2D eigenvalue weighted by Crippen LogP contribution is -2.39. The molecule has 3 aromatic rings. The Morgan fingerprint density at radius 1 is 1.05 bits per heavy atom. The lowest BCUT2D eigenvalue weighted by Gasteiger charge is -2.40. The van der Waals surface area contributed by atoms with Gasteiger partial charge in [-0.3, -0.25) is 9.69 Å². The van der Waals surface area contributed by atoms with Gasteiger partial charge in [0.25, 0.3) is 0 Å². The van der Waals surface area contributed by atoms with Gasteiger partial charge < -0.3 is 15.2 Å². The number of nitrogens with zero attached hydrogens (tertiary/aromatic N) is 2. The molecule has 1 aliphatic carbocycles. The summed E-state index contributed by atoms with van der Waals surface area (Å²) in [6.45, 7) is 4.03. The van der Waals surface area contributed by atoms with Crippen molar-refractivity contribution in [3.8, 4) is 17.6 Å². The van der Waals surface area contributed by atoms with Gasteiger partial charge in [0.2, 0.25) is 0 Å². The van der Waals surface area contributed by atoms with Crippen molar-refractivity contribution in [3.63, 3.8) is 0 Å². The van der Waals surface area contributed by atoms with Gasteiger partial charge in [0.05, 0.1) is 35.9 Å². The van der Waals surface area contributed by atoms with Gasteiger partial charge in [0, 0.05) is 22.7 Å². The Morgan fingerprint density at radius 2 is 1.74 bits per heavy atom. The van der Waals surface area contributed by atoms with Crippen molar-refractivity contribution in [2.75, 3.05) is 12.0 Å². The zero-order valence-corrected chi connectivity index (χ0v) is 24.6. The monoisotopic (exact) mass is 607 g/mol. The average molecular weight is 608 g/mol. The molecule has 5 rings (SSSR count). The molecule has 1 unspecified atom stereocenters. The number of aryl methyl sites for hydroxylation is 2. The van der Waals surface area contributed by atoms with E-state index in [-0.39, 0.29) is 46.5 Å². The number of carbonyl (C=O) groups excluding carboxylic acids is 1. The molecule has 1 aliphatic heterocycles. The third-order valence-corrected chi connectivity index (χ3v) is 8.14. The van der Waals surface area contributed by atoms with Gasteiger partial charge in [0.1, 0.15) is 23.9 Å². The quantitative estimate of drug-likeness (QED) is 0.307. The van der Waals surface area contributed by atoms with Gasteiger partial charge in [-0.2, -0.15) is 18.4 Å². The van der Waals surface area contributed by atoms with E-state index in [4.69, 9.17) is 26.8 Å². The number of nitriles is 1. The number of hydrogen-bond acceptors (Lipinski definition) is 6. The van der Waals surface area contributed by atoms with E-state index in [1.807, 2.05) is 26.0 Å². The normalized spacial score (nSPS) is 17.1. The molecule has 0 fully saturated rings. The van der Waals surface area contributed by atoms with Crippen molar-refractivity contribution >= 4 is 23.1 Å². The number of alkyl halides is 3. The fourth-order valence-corrected chi connectivity index (χ4v) is 5.99. The number of Topliss-reactive ketones (excluding diaryl/α,β-unsaturated/α-hetero) is 1. The number of nitrogens with two attached hydrogens (primary N) is 1. The SMILES string of the molecule is COc1ccc(OCc2cc(C3C(C#N)=C(N)N(c4ccc(Cl)cc4C(F)(F)F)C4=C3C(=O)CCC4)c(C)cc2C)cc1. The molecule has 0 radical (unpaired) electrons. The van der Waals surface area contributed by atoms with Crippen LogP contribution in [0.15, 0.2) is 77.3 Å². The average Bonchev–Trinajstić information content (AvgIpc) is 2.96. The summed E-state index contributed by atoms with van der Waals surface area (Å²) >= 11 is 5.95. The van der Waals surface area contributed by atoms with Crippen molar-refractivity contribution in [3.05, 3.63) is 110 Å². The molecule has 0 aromatic heterocycles. The fraction of sp³-hybridized carbons (Fsp3) is 0.273. The van der Waals surface area contributed by atoms with Gasteiger partial charge in [-0.1, -0.05) is 23.7 Å². The Balaban J connectivity index is 1.64. The first-order valence-corrected chi connectivity index (χ1v) is 14.0. The van der Waals surface area contributed by atoms with Gasteiger partial charge >= 0.3 is 6.18 Å². The van der Waals surface area contributed by atoms with E-state index >= 15 is 0 Å². The van der Waals surface area contributed by atoms with Crippen LogP contribution in [0.25, 0.3) is 0 Å². The summed E-state index contributed by atoms with van der Waals surface area (Å²) in [5.74, 6) is 0.113. The number of carbonyl (C=O) groups is 1. The lowest BCUT2D eigenvalue weighted by atomic mass is 9.74. The van der Waals surface area contributed by atoms with Crippen LogP contribution < -0.4 is 20.1 Å². The highest BCUT2D eigenvalue weighted by molar-refractivity contribution is 6.30. The number of halogens is 4. The Labute approximate surface area is 252 Å². The lowest BCUT2D eigenvalue weighted by molar-refractivity contribution is -0.137. The minimum Gasteiger partial charge on any atom is -0.497 e. The van der Waals surface area contributed by atoms with E-state index in [0.717, 1.165) is 22.8 Å². The highest BCUT2D eigenvalue weighted by atomic mass is 35.5. The number of ether oxygens (including phenoxy) is 2. The van der Waals surface area contributed by atoms with E-state index in [2.05, 4.69) is 6.07 Å². The van der Waals surface area contributed by atoms with Gasteiger partial charge in [-0.15, -0.1) is 0 Å². The predicted molar refractivity (Wildman–Crippen MR) is 158 cm³/mol. The fourth-order valence-electron chi connectivity index (χ4n) is 5.82. The second kappa shape index (κ2) is 11.7. The molecule has 10 heteroatoms. The molecule has 1 atom stereocenters. The largest absolute Gasteiger partial charge is 0.497 e. The molecule has 0 saturated heterocycles. The summed E-state index contributed by atoms with van der Waals surface area (Å²) in [5, 5.41) is 10.3. The molecular weight excluding hydrogens is 579 g/mol. The zero-order valence-electron chi connectivity index (χ0n) is 23.8. The molecule has 1 heterocycles. The second-order valence-corrected chi connectivity index (χ2v) is 11.0. The Kier molecular flexibility index (Phi) is 8.17. The summed E-state index contributed by atoms with van der Waals surface area (Å²) in [6.07, 6.45) is -3.78. The highest BCUT2D eigenvalue weighted by Crippen LogP contribution is 2.49. The molecule has 0 spiro atoms. The first kappa shape index (κ1) is 30.1. The van der Waals surface area contributed by atoms with Crippen LogP contribution in [0.4, 0.5) is 18.9 Å². The van der Waals surface area contributed by atoms with Crippen LogP contribution in [0.1, 0.15) is 53.0 Å². The molecule has 0 bridgehead atoms. The smallest absolute Gasteiger partial charge is 0.418 e. The predicted octanol–water partition coefficient (Wildman–Crippen LogP) is 7.87. The van der Waals surface area contributed by atoms with Crippen molar-refractivity contribution in [1.82, 2.24) is 0 Å². The molecule has 222 valence electrons. The molecule has 43 heavy (non-hydrogen) atoms. The standard InChI is InChI=1S/C33H29ClF3N3O3/c1-18-13-19(2)24(14-20(18)17-43-23-10-8-22(42-3)9-11-23)30-25(16-38)32(39)40(28-5-4-6-29(41)31(28)30)27-12-7-21(34)15-26(27)33(35,36)37/h7-15,30H,4-6,17,39H2,1-3H3. The van der Waals surface area contributed by atoms with E-state index < -0.39 is 17.7 Å². The number of hydrogen-bond donors (Lipinski definition) is 1. The number of anilines is 1. The first-order valence-electron chi connectivity index (χ1n) is 13.6. The number of allylic oxidation sites excluding steroid dienone is 3. The maximum atomic E-state index is 14.2. The summed E-state index contributed by atoms with van der Waals surface area (Å²) in [7, 11) is 1.58. The van der Waals surface area contributed by atoms with Crippen LogP contribution in [0.5, 0.6) is 11.5 Å². The molecule has 2 N–H and O–H groups in total. The molecule has 3 aromatic carbocycles. The Bertz CT molecular complexity index is 1710. The zero-order chi connectivity index (χ0) is 31.1. The summed E-state index contributed by atoms with van der Waals surface area (Å²) in [5.41, 5.74) is 9.21. The van der Waals surface area contributed by atoms with E-state index in [1.54, 1.807) is 31.4 Å². The van der Waals surface area contributed by atoms with Crippen molar-refractivity contribution in [1.29, 1.82) is 5.26 Å². The summed E-state index contributed by atoms with van der Waals surface area (Å²) in [4.78, 5) is 14.8. The van der Waals surface area contributed by atoms with Crippen LogP contribution in [0.3, 0.4) is 0 Å².